The van der Waals surface area contributed by atoms with E-state index in [4.69, 9.17) is 5.10 Å². The Morgan fingerprint density at radius 1 is 0.486 bits per heavy atom. The fourth-order valence-corrected chi connectivity index (χ4v) is 4.32. The van der Waals surface area contributed by atoms with E-state index in [0.717, 1.165) is 39.6 Å². The largest absolute Gasteiger partial charge is 0.310 e. The SMILES string of the molecule is Cc1ccc(N(c2ccc(C)cc2)c2ccc(C=NN(c3ccccc3)c3ccccc3)c(C)c2)cc1. The molecule has 0 saturated carbocycles. The van der Waals surface area contributed by atoms with Crippen LogP contribution in [-0.2, 0) is 0 Å². The van der Waals surface area contributed by atoms with E-state index in [1.165, 1.54) is 11.1 Å². The maximum atomic E-state index is 4.90. The predicted octanol–water partition coefficient (Wildman–Crippen LogP) is 9.25. The lowest BCUT2D eigenvalue weighted by Crippen LogP contribution is -2.11. The second-order valence-electron chi connectivity index (χ2n) is 9.27. The van der Waals surface area contributed by atoms with E-state index in [9.17, 15) is 0 Å². The van der Waals surface area contributed by atoms with Gasteiger partial charge < -0.3 is 4.90 Å². The van der Waals surface area contributed by atoms with E-state index in [2.05, 4.69) is 117 Å². The first-order valence-corrected chi connectivity index (χ1v) is 12.6. The van der Waals surface area contributed by atoms with Crippen LogP contribution >= 0.6 is 0 Å². The van der Waals surface area contributed by atoms with Crippen LogP contribution in [0, 0.1) is 20.8 Å². The van der Waals surface area contributed by atoms with Gasteiger partial charge in [-0.05, 0) is 92.6 Å². The van der Waals surface area contributed by atoms with Gasteiger partial charge in [-0.2, -0.15) is 5.10 Å². The summed E-state index contributed by atoms with van der Waals surface area (Å²) in [5.74, 6) is 0. The Bertz CT molecular complexity index is 1390. The quantitative estimate of drug-likeness (QED) is 0.170. The molecule has 0 bridgehead atoms. The fraction of sp³-hybridized carbons (Fsp3) is 0.0882. The van der Waals surface area contributed by atoms with Gasteiger partial charge in [-0.3, -0.25) is 0 Å². The average molecular weight is 482 g/mol. The van der Waals surface area contributed by atoms with E-state index < -0.39 is 0 Å². The van der Waals surface area contributed by atoms with E-state index in [0.29, 0.717) is 0 Å². The zero-order valence-electron chi connectivity index (χ0n) is 21.5. The lowest BCUT2D eigenvalue weighted by molar-refractivity contribution is 1.09. The van der Waals surface area contributed by atoms with Crippen LogP contribution in [0.15, 0.2) is 132 Å². The Morgan fingerprint density at radius 3 is 1.41 bits per heavy atom. The van der Waals surface area contributed by atoms with Gasteiger partial charge in [-0.1, -0.05) is 77.9 Å². The molecule has 0 aromatic heterocycles. The molecule has 0 radical (unpaired) electrons. The molecule has 5 aromatic carbocycles. The second kappa shape index (κ2) is 11.0. The molecule has 0 fully saturated rings. The van der Waals surface area contributed by atoms with Gasteiger partial charge in [0.25, 0.3) is 0 Å². The average Bonchev–Trinajstić information content (AvgIpc) is 2.93. The first kappa shape index (κ1) is 24.1. The van der Waals surface area contributed by atoms with Crippen LogP contribution < -0.4 is 9.91 Å². The summed E-state index contributed by atoms with van der Waals surface area (Å²) in [5.41, 5.74) is 10.1. The highest BCUT2D eigenvalue weighted by molar-refractivity contribution is 5.86. The number of hydrogen-bond acceptors (Lipinski definition) is 3. The van der Waals surface area contributed by atoms with Crippen LogP contribution in [0.5, 0.6) is 0 Å². The van der Waals surface area contributed by atoms with E-state index in [1.807, 2.05) is 47.6 Å². The van der Waals surface area contributed by atoms with Gasteiger partial charge in [0.1, 0.15) is 0 Å². The minimum absolute atomic E-state index is 1.02. The molecule has 0 aliphatic carbocycles. The molecule has 0 aliphatic heterocycles. The van der Waals surface area contributed by atoms with Crippen molar-refractivity contribution < 1.29 is 0 Å². The Kier molecular flexibility index (Phi) is 7.14. The molecular weight excluding hydrogens is 450 g/mol. The molecular formula is C34H31N3. The van der Waals surface area contributed by atoms with E-state index >= 15 is 0 Å². The zero-order valence-corrected chi connectivity index (χ0v) is 21.5. The zero-order chi connectivity index (χ0) is 25.6. The third kappa shape index (κ3) is 5.62. The first-order chi connectivity index (χ1) is 18.1. The molecule has 0 spiro atoms. The maximum absolute atomic E-state index is 4.90. The van der Waals surface area contributed by atoms with Gasteiger partial charge in [-0.25, -0.2) is 5.01 Å². The highest BCUT2D eigenvalue weighted by Gasteiger charge is 2.14. The molecule has 182 valence electrons. The number of hydrogen-bond donors (Lipinski definition) is 0. The monoisotopic (exact) mass is 481 g/mol. The van der Waals surface area contributed by atoms with Crippen LogP contribution in [0.1, 0.15) is 22.3 Å². The molecule has 0 heterocycles. The molecule has 0 atom stereocenters. The minimum Gasteiger partial charge on any atom is -0.310 e. The summed E-state index contributed by atoms with van der Waals surface area (Å²) in [7, 11) is 0. The van der Waals surface area contributed by atoms with Gasteiger partial charge in [0.05, 0.1) is 17.6 Å². The Hall–Kier alpha value is -4.63. The summed E-state index contributed by atoms with van der Waals surface area (Å²) < 4.78 is 0. The molecule has 0 aliphatic rings. The van der Waals surface area contributed by atoms with Crippen molar-refractivity contribution in [3.63, 3.8) is 0 Å². The third-order valence-corrected chi connectivity index (χ3v) is 6.41. The molecule has 3 heteroatoms. The van der Waals surface area contributed by atoms with Crippen molar-refractivity contribution in [2.75, 3.05) is 9.91 Å². The van der Waals surface area contributed by atoms with Crippen molar-refractivity contribution in [3.8, 4) is 0 Å². The Morgan fingerprint density at radius 2 is 0.946 bits per heavy atom. The van der Waals surface area contributed by atoms with E-state index in [1.54, 1.807) is 0 Å². The smallest absolute Gasteiger partial charge is 0.0652 e. The number of nitrogens with zero attached hydrogens (tertiary/aromatic N) is 3. The standard InChI is InChI=1S/C34H31N3/c1-26-14-19-30(20-15-26)36(31-21-16-27(2)17-22-31)34-23-18-29(28(3)24-34)25-35-37(32-10-6-4-7-11-32)33-12-8-5-9-13-33/h4-25H,1-3H3. The predicted molar refractivity (Wildman–Crippen MR) is 158 cm³/mol. The van der Waals surface area contributed by atoms with Crippen molar-refractivity contribution in [1.82, 2.24) is 0 Å². The van der Waals surface area contributed by atoms with Crippen molar-refractivity contribution in [1.29, 1.82) is 0 Å². The number of para-hydroxylation sites is 2. The molecule has 0 saturated heterocycles. The van der Waals surface area contributed by atoms with Crippen LogP contribution in [0.4, 0.5) is 28.4 Å². The van der Waals surface area contributed by atoms with Gasteiger partial charge in [-0.15, -0.1) is 0 Å². The summed E-state index contributed by atoms with van der Waals surface area (Å²) in [6, 6.07) is 44.4. The van der Waals surface area contributed by atoms with E-state index in [-0.39, 0.29) is 0 Å². The maximum Gasteiger partial charge on any atom is 0.0652 e. The molecule has 0 N–H and O–H groups in total. The second-order valence-corrected chi connectivity index (χ2v) is 9.27. The highest BCUT2D eigenvalue weighted by atomic mass is 15.5. The summed E-state index contributed by atoms with van der Waals surface area (Å²) in [6.07, 6.45) is 1.95. The molecule has 5 rings (SSSR count). The molecule has 0 unspecified atom stereocenters. The van der Waals surface area contributed by atoms with Gasteiger partial charge in [0.15, 0.2) is 0 Å². The molecule has 0 amide bonds. The van der Waals surface area contributed by atoms with Gasteiger partial charge in [0.2, 0.25) is 0 Å². The van der Waals surface area contributed by atoms with Crippen LogP contribution in [0.3, 0.4) is 0 Å². The number of benzene rings is 5. The minimum atomic E-state index is 1.02. The van der Waals surface area contributed by atoms with Crippen LogP contribution in [-0.4, -0.2) is 6.21 Å². The first-order valence-electron chi connectivity index (χ1n) is 12.6. The number of anilines is 5. The normalized spacial score (nSPS) is 11.0. The summed E-state index contributed by atoms with van der Waals surface area (Å²) in [5, 5.41) is 6.87. The summed E-state index contributed by atoms with van der Waals surface area (Å²) >= 11 is 0. The van der Waals surface area contributed by atoms with Crippen molar-refractivity contribution in [2.45, 2.75) is 20.8 Å². The summed E-state index contributed by atoms with van der Waals surface area (Å²) in [6.45, 7) is 6.38. The van der Waals surface area contributed by atoms with Crippen molar-refractivity contribution >= 4 is 34.7 Å². The third-order valence-electron chi connectivity index (χ3n) is 6.41. The van der Waals surface area contributed by atoms with Crippen molar-refractivity contribution in [3.05, 3.63) is 150 Å². The summed E-state index contributed by atoms with van der Waals surface area (Å²) in [4.78, 5) is 2.30. The number of rotatable bonds is 7. The van der Waals surface area contributed by atoms with Crippen LogP contribution in [0.2, 0.25) is 0 Å². The lowest BCUT2D eigenvalue weighted by Gasteiger charge is -2.26. The van der Waals surface area contributed by atoms with Gasteiger partial charge in [0, 0.05) is 17.1 Å². The van der Waals surface area contributed by atoms with Crippen molar-refractivity contribution in [2.24, 2.45) is 5.10 Å². The fourth-order valence-electron chi connectivity index (χ4n) is 4.32. The molecule has 37 heavy (non-hydrogen) atoms. The molecule has 3 nitrogen and oxygen atoms in total. The topological polar surface area (TPSA) is 18.8 Å². The lowest BCUT2D eigenvalue weighted by atomic mass is 10.1. The molecule has 5 aromatic rings. The Balaban J connectivity index is 1.50. The highest BCUT2D eigenvalue weighted by Crippen LogP contribution is 2.35. The Labute approximate surface area is 220 Å². The number of hydrazone groups is 1. The van der Waals surface area contributed by atoms with Gasteiger partial charge >= 0.3 is 0 Å². The van der Waals surface area contributed by atoms with Crippen LogP contribution in [0.25, 0.3) is 0 Å². The number of aryl methyl sites for hydroxylation is 3.